The van der Waals surface area contributed by atoms with Crippen molar-refractivity contribution in [2.24, 2.45) is 0 Å². The second-order valence-corrected chi connectivity index (χ2v) is 6.46. The average molecular weight is 362 g/mol. The molecule has 25 heavy (non-hydrogen) atoms. The second-order valence-electron chi connectivity index (χ2n) is 5.37. The molecule has 1 N–H and O–H groups in total. The minimum Gasteiger partial charge on any atom is -0.298 e. The third-order valence-corrected chi connectivity index (χ3v) is 4.67. The lowest BCUT2D eigenvalue weighted by Crippen LogP contribution is -2.13. The van der Waals surface area contributed by atoms with Crippen LogP contribution in [0.15, 0.2) is 42.5 Å². The first-order valence-corrected chi connectivity index (χ1v) is 8.22. The fraction of sp³-hybridized carbons (Fsp3) is 0.111. The van der Waals surface area contributed by atoms with Crippen LogP contribution in [0.5, 0.6) is 0 Å². The number of amides is 1. The van der Waals surface area contributed by atoms with E-state index in [4.69, 9.17) is 0 Å². The van der Waals surface area contributed by atoms with Crippen LogP contribution in [0.2, 0.25) is 0 Å². The first-order valence-electron chi connectivity index (χ1n) is 7.40. The Hall–Kier alpha value is -2.67. The Morgan fingerprint density at radius 1 is 1.12 bits per heavy atom. The minimum absolute atomic E-state index is 0.273. The molecular weight excluding hydrogens is 349 g/mol. The van der Waals surface area contributed by atoms with Crippen LogP contribution in [0.4, 0.5) is 18.3 Å². The van der Waals surface area contributed by atoms with Crippen LogP contribution in [-0.2, 0) is 6.42 Å². The van der Waals surface area contributed by atoms with Crippen LogP contribution >= 0.6 is 11.3 Å². The Morgan fingerprint density at radius 2 is 1.88 bits per heavy atom. The van der Waals surface area contributed by atoms with Gasteiger partial charge in [0.05, 0.1) is 11.3 Å². The lowest BCUT2D eigenvalue weighted by molar-refractivity contribution is 0.102. The summed E-state index contributed by atoms with van der Waals surface area (Å²) in [7, 11) is 0. The van der Waals surface area contributed by atoms with Crippen molar-refractivity contribution < 1.29 is 18.0 Å². The van der Waals surface area contributed by atoms with E-state index in [0.29, 0.717) is 23.7 Å². The molecule has 0 saturated carbocycles. The molecule has 0 bridgehead atoms. The summed E-state index contributed by atoms with van der Waals surface area (Å²) in [5.41, 5.74) is 0.907. The van der Waals surface area contributed by atoms with E-state index >= 15 is 0 Å². The van der Waals surface area contributed by atoms with Gasteiger partial charge < -0.3 is 0 Å². The molecule has 2 aromatic carbocycles. The number of nitrogens with one attached hydrogen (secondary N) is 1. The minimum atomic E-state index is -0.947. The summed E-state index contributed by atoms with van der Waals surface area (Å²) in [5, 5.41) is 2.77. The number of carbonyl (C=O) groups is 1. The lowest BCUT2D eigenvalue weighted by Gasteiger charge is -2.03. The van der Waals surface area contributed by atoms with E-state index in [1.54, 1.807) is 25.1 Å². The maximum Gasteiger partial charge on any atom is 0.260 e. The van der Waals surface area contributed by atoms with Gasteiger partial charge in [0, 0.05) is 17.4 Å². The Bertz CT molecular complexity index is 940. The highest BCUT2D eigenvalue weighted by molar-refractivity contribution is 7.15. The Morgan fingerprint density at radius 3 is 2.60 bits per heavy atom. The molecule has 0 aliphatic carbocycles. The van der Waals surface area contributed by atoms with E-state index in [2.05, 4.69) is 10.3 Å². The molecular formula is C18H13F3N2OS. The van der Waals surface area contributed by atoms with E-state index in [1.165, 1.54) is 17.4 Å². The molecule has 0 radical (unpaired) electrons. The van der Waals surface area contributed by atoms with Gasteiger partial charge in [0.25, 0.3) is 5.91 Å². The highest BCUT2D eigenvalue weighted by Gasteiger charge is 2.16. The van der Waals surface area contributed by atoms with Crippen molar-refractivity contribution in [3.63, 3.8) is 0 Å². The van der Waals surface area contributed by atoms with Crippen LogP contribution < -0.4 is 5.32 Å². The summed E-state index contributed by atoms with van der Waals surface area (Å²) in [6, 6.07) is 9.14. The molecule has 1 aromatic heterocycles. The molecule has 0 unspecified atom stereocenters. The molecule has 1 heterocycles. The molecule has 0 aliphatic heterocycles. The molecule has 0 atom stereocenters. The number of carbonyl (C=O) groups excluding carboxylic acids is 1. The summed E-state index contributed by atoms with van der Waals surface area (Å²) in [6.07, 6.45) is 0.344. The number of benzene rings is 2. The summed E-state index contributed by atoms with van der Waals surface area (Å²) in [5.74, 6) is -2.73. The topological polar surface area (TPSA) is 42.0 Å². The molecule has 0 fully saturated rings. The van der Waals surface area contributed by atoms with Crippen molar-refractivity contribution in [3.05, 3.63) is 81.6 Å². The Balaban J connectivity index is 1.78. The molecule has 3 rings (SSSR count). The van der Waals surface area contributed by atoms with E-state index < -0.39 is 17.5 Å². The number of rotatable bonds is 4. The Labute approximate surface area is 146 Å². The zero-order chi connectivity index (χ0) is 18.0. The third kappa shape index (κ3) is 3.88. The van der Waals surface area contributed by atoms with E-state index in [-0.39, 0.29) is 16.5 Å². The molecule has 1 amide bonds. The van der Waals surface area contributed by atoms with Gasteiger partial charge in [-0.2, -0.15) is 0 Å². The van der Waals surface area contributed by atoms with Crippen LogP contribution in [0, 0.1) is 24.4 Å². The SMILES string of the molecule is Cc1nc(NC(=O)c2ccc(F)cc2F)sc1Cc1ccccc1F. The van der Waals surface area contributed by atoms with Crippen LogP contribution in [-0.4, -0.2) is 10.9 Å². The molecule has 3 nitrogen and oxygen atoms in total. The van der Waals surface area contributed by atoms with Crippen molar-refractivity contribution in [2.75, 3.05) is 5.32 Å². The normalized spacial score (nSPS) is 10.7. The first kappa shape index (κ1) is 17.2. The number of aryl methyl sites for hydroxylation is 1. The first-order chi connectivity index (χ1) is 11.9. The maximum absolute atomic E-state index is 13.8. The summed E-state index contributed by atoms with van der Waals surface area (Å²) >= 11 is 1.19. The number of thiazole rings is 1. The molecule has 7 heteroatoms. The van der Waals surface area contributed by atoms with E-state index in [1.807, 2.05) is 0 Å². The Kier molecular flexibility index (Phi) is 4.85. The van der Waals surface area contributed by atoms with Gasteiger partial charge in [0.15, 0.2) is 5.13 Å². The van der Waals surface area contributed by atoms with Gasteiger partial charge in [-0.15, -0.1) is 11.3 Å². The number of hydrogen-bond donors (Lipinski definition) is 1. The highest BCUT2D eigenvalue weighted by atomic mass is 32.1. The van der Waals surface area contributed by atoms with E-state index in [9.17, 15) is 18.0 Å². The van der Waals surface area contributed by atoms with Crippen LogP contribution in [0.1, 0.15) is 26.5 Å². The second kappa shape index (κ2) is 7.06. The number of anilines is 1. The number of aromatic nitrogens is 1. The van der Waals surface area contributed by atoms with Gasteiger partial charge in [-0.1, -0.05) is 18.2 Å². The van der Waals surface area contributed by atoms with Crippen molar-refractivity contribution in [2.45, 2.75) is 13.3 Å². The standard InChI is InChI=1S/C18H13F3N2OS/c1-10-16(8-11-4-2-3-5-14(11)20)25-18(22-10)23-17(24)13-7-6-12(19)9-15(13)21/h2-7,9H,8H2,1H3,(H,22,23,24). The number of nitrogens with zero attached hydrogens (tertiary/aromatic N) is 1. The van der Waals surface area contributed by atoms with Crippen molar-refractivity contribution in [3.8, 4) is 0 Å². The van der Waals surface area contributed by atoms with Gasteiger partial charge in [-0.25, -0.2) is 18.2 Å². The fourth-order valence-corrected chi connectivity index (χ4v) is 3.28. The van der Waals surface area contributed by atoms with E-state index in [0.717, 1.165) is 17.0 Å². The average Bonchev–Trinajstić information content (AvgIpc) is 2.89. The van der Waals surface area contributed by atoms with Gasteiger partial charge in [0.1, 0.15) is 17.5 Å². The summed E-state index contributed by atoms with van der Waals surface area (Å²) < 4.78 is 40.3. The highest BCUT2D eigenvalue weighted by Crippen LogP contribution is 2.26. The van der Waals surface area contributed by atoms with Gasteiger partial charge >= 0.3 is 0 Å². The quantitative estimate of drug-likeness (QED) is 0.730. The van der Waals surface area contributed by atoms with Crippen LogP contribution in [0.25, 0.3) is 0 Å². The predicted molar refractivity (Wildman–Crippen MR) is 90.4 cm³/mol. The van der Waals surface area contributed by atoms with Gasteiger partial charge in [-0.05, 0) is 30.7 Å². The lowest BCUT2D eigenvalue weighted by atomic mass is 10.1. The maximum atomic E-state index is 13.8. The zero-order valence-electron chi connectivity index (χ0n) is 13.1. The largest absolute Gasteiger partial charge is 0.298 e. The van der Waals surface area contributed by atoms with Gasteiger partial charge in [-0.3, -0.25) is 10.1 Å². The van der Waals surface area contributed by atoms with Crippen LogP contribution in [0.3, 0.4) is 0 Å². The number of halogens is 3. The molecule has 0 spiro atoms. The van der Waals surface area contributed by atoms with Crippen molar-refractivity contribution in [1.29, 1.82) is 0 Å². The molecule has 128 valence electrons. The smallest absolute Gasteiger partial charge is 0.260 e. The van der Waals surface area contributed by atoms with Crippen molar-refractivity contribution in [1.82, 2.24) is 4.98 Å². The fourth-order valence-electron chi connectivity index (χ4n) is 2.30. The van der Waals surface area contributed by atoms with Gasteiger partial charge in [0.2, 0.25) is 0 Å². The summed E-state index contributed by atoms with van der Waals surface area (Å²) in [6.45, 7) is 1.75. The monoisotopic (exact) mass is 362 g/mol. The molecule has 3 aromatic rings. The predicted octanol–water partition coefficient (Wildman–Crippen LogP) is 4.71. The number of hydrogen-bond acceptors (Lipinski definition) is 3. The summed E-state index contributed by atoms with van der Waals surface area (Å²) in [4.78, 5) is 17.1. The molecule has 0 saturated heterocycles. The van der Waals surface area contributed by atoms with Crippen molar-refractivity contribution >= 4 is 22.4 Å². The third-order valence-electron chi connectivity index (χ3n) is 3.60. The zero-order valence-corrected chi connectivity index (χ0v) is 14.0. The molecule has 0 aliphatic rings.